The molecule has 3 rings (SSSR count). The van der Waals surface area contributed by atoms with Crippen LogP contribution in [0.1, 0.15) is 11.3 Å². The van der Waals surface area contributed by atoms with Gasteiger partial charge in [0.2, 0.25) is 0 Å². The van der Waals surface area contributed by atoms with E-state index < -0.39 is 0 Å². The molecule has 5 heteroatoms. The van der Waals surface area contributed by atoms with Gasteiger partial charge >= 0.3 is 0 Å². The minimum Gasteiger partial charge on any atom is -0.363 e. The molecule has 0 unspecified atom stereocenters. The molecule has 0 aromatic carbocycles. The van der Waals surface area contributed by atoms with E-state index >= 15 is 0 Å². The summed E-state index contributed by atoms with van der Waals surface area (Å²) in [5.41, 5.74) is 3.24. The molecule has 112 valence electrons. The molecule has 0 radical (unpaired) electrons. The number of hydrogen-bond donors (Lipinski definition) is 0. The quantitative estimate of drug-likeness (QED) is 0.742. The Morgan fingerprint density at radius 1 is 1.05 bits per heavy atom. The Morgan fingerprint density at radius 2 is 1.91 bits per heavy atom. The molecule has 0 aliphatic rings. The van der Waals surface area contributed by atoms with Crippen molar-refractivity contribution in [3.63, 3.8) is 0 Å². The lowest BCUT2D eigenvalue weighted by atomic mass is 10.2. The summed E-state index contributed by atoms with van der Waals surface area (Å²) in [7, 11) is 3.96. The minimum atomic E-state index is 0.701. The van der Waals surface area contributed by atoms with Crippen LogP contribution in [0.4, 0.5) is 5.82 Å². The largest absolute Gasteiger partial charge is 0.363 e. The lowest BCUT2D eigenvalue weighted by Gasteiger charge is -2.12. The van der Waals surface area contributed by atoms with Crippen molar-refractivity contribution in [3.05, 3.63) is 60.3 Å². The molecule has 0 N–H and O–H groups in total. The minimum absolute atomic E-state index is 0.701. The molecule has 3 aromatic rings. The number of hydrogen-bond acceptors (Lipinski definition) is 4. The smallest absolute Gasteiger partial charge is 0.141 e. The molecule has 0 atom stereocenters. The summed E-state index contributed by atoms with van der Waals surface area (Å²) in [5.74, 6) is 1.84. The second-order valence-electron chi connectivity index (χ2n) is 5.50. The first-order valence-electron chi connectivity index (χ1n) is 7.20. The Balaban J connectivity index is 1.88. The maximum atomic E-state index is 4.46. The molecule has 0 fully saturated rings. The van der Waals surface area contributed by atoms with Crippen LogP contribution in [-0.2, 0) is 6.54 Å². The van der Waals surface area contributed by atoms with Gasteiger partial charge in [-0.05, 0) is 36.8 Å². The molecule has 0 aliphatic carbocycles. The van der Waals surface area contributed by atoms with Crippen molar-refractivity contribution >= 4 is 5.82 Å². The Bertz CT molecular complexity index is 759. The Labute approximate surface area is 130 Å². The van der Waals surface area contributed by atoms with E-state index in [1.165, 1.54) is 5.56 Å². The topological polar surface area (TPSA) is 46.8 Å². The maximum absolute atomic E-state index is 4.46. The Kier molecular flexibility index (Phi) is 3.87. The van der Waals surface area contributed by atoms with E-state index in [9.17, 15) is 0 Å². The van der Waals surface area contributed by atoms with Crippen LogP contribution in [0.15, 0.2) is 49.1 Å². The monoisotopic (exact) mass is 293 g/mol. The van der Waals surface area contributed by atoms with Crippen LogP contribution >= 0.6 is 0 Å². The predicted octanol–water partition coefficient (Wildman–Crippen LogP) is 2.76. The number of nitrogens with zero attached hydrogens (tertiary/aromatic N) is 5. The van der Waals surface area contributed by atoms with Crippen molar-refractivity contribution in [1.29, 1.82) is 0 Å². The van der Waals surface area contributed by atoms with Crippen LogP contribution in [0.2, 0.25) is 0 Å². The fourth-order valence-electron chi connectivity index (χ4n) is 2.34. The van der Waals surface area contributed by atoms with Crippen LogP contribution in [0.5, 0.6) is 0 Å². The molecule has 22 heavy (non-hydrogen) atoms. The summed E-state index contributed by atoms with van der Waals surface area (Å²) in [6.45, 7) is 2.77. The molecule has 0 bridgehead atoms. The van der Waals surface area contributed by atoms with Crippen molar-refractivity contribution in [2.75, 3.05) is 19.0 Å². The van der Waals surface area contributed by atoms with E-state index in [4.69, 9.17) is 0 Å². The van der Waals surface area contributed by atoms with Gasteiger partial charge in [-0.1, -0.05) is 0 Å². The van der Waals surface area contributed by atoms with E-state index in [0.717, 1.165) is 22.9 Å². The third kappa shape index (κ3) is 2.98. The summed E-state index contributed by atoms with van der Waals surface area (Å²) in [4.78, 5) is 15.3. The van der Waals surface area contributed by atoms with Crippen molar-refractivity contribution in [3.8, 4) is 11.4 Å². The van der Waals surface area contributed by atoms with Gasteiger partial charge in [0.15, 0.2) is 0 Å². The highest BCUT2D eigenvalue weighted by atomic mass is 15.1. The molecule has 0 saturated heterocycles. The van der Waals surface area contributed by atoms with Crippen molar-refractivity contribution in [2.45, 2.75) is 13.5 Å². The van der Waals surface area contributed by atoms with Crippen LogP contribution < -0.4 is 4.90 Å². The summed E-state index contributed by atoms with van der Waals surface area (Å²) >= 11 is 0. The van der Waals surface area contributed by atoms with Crippen molar-refractivity contribution in [2.24, 2.45) is 0 Å². The van der Waals surface area contributed by atoms with E-state index in [1.54, 1.807) is 0 Å². The van der Waals surface area contributed by atoms with E-state index in [0.29, 0.717) is 6.54 Å². The number of imidazole rings is 1. The fourth-order valence-corrected chi connectivity index (χ4v) is 2.34. The van der Waals surface area contributed by atoms with Gasteiger partial charge in [0, 0.05) is 44.4 Å². The average Bonchev–Trinajstić information content (AvgIpc) is 2.95. The van der Waals surface area contributed by atoms with Gasteiger partial charge in [0.1, 0.15) is 11.6 Å². The lowest BCUT2D eigenvalue weighted by molar-refractivity contribution is 0.780. The molecule has 3 aromatic heterocycles. The number of aromatic nitrogens is 4. The van der Waals surface area contributed by atoms with Gasteiger partial charge in [0.05, 0.1) is 12.2 Å². The second-order valence-corrected chi connectivity index (χ2v) is 5.50. The van der Waals surface area contributed by atoms with Gasteiger partial charge < -0.3 is 9.47 Å². The molecule has 0 spiro atoms. The fraction of sp³-hybridized carbons (Fsp3) is 0.235. The molecule has 0 amide bonds. The molecule has 0 aliphatic heterocycles. The first-order valence-corrected chi connectivity index (χ1v) is 7.20. The molecule has 0 saturated carbocycles. The van der Waals surface area contributed by atoms with Crippen molar-refractivity contribution < 1.29 is 0 Å². The van der Waals surface area contributed by atoms with Gasteiger partial charge in [-0.2, -0.15) is 0 Å². The SMILES string of the molecule is Cc1ccnc(Cn2ccnc2-c2ccc(N(C)C)nc2)c1. The first-order chi connectivity index (χ1) is 10.6. The zero-order valence-electron chi connectivity index (χ0n) is 13.1. The lowest BCUT2D eigenvalue weighted by Crippen LogP contribution is -2.10. The number of anilines is 1. The maximum Gasteiger partial charge on any atom is 0.141 e. The van der Waals surface area contributed by atoms with Crippen LogP contribution in [0.25, 0.3) is 11.4 Å². The zero-order valence-corrected chi connectivity index (χ0v) is 13.1. The van der Waals surface area contributed by atoms with Crippen LogP contribution in [0, 0.1) is 6.92 Å². The third-order valence-electron chi connectivity index (χ3n) is 3.48. The van der Waals surface area contributed by atoms with Gasteiger partial charge in [0.25, 0.3) is 0 Å². The summed E-state index contributed by atoms with van der Waals surface area (Å²) < 4.78 is 2.09. The van der Waals surface area contributed by atoms with Crippen molar-refractivity contribution in [1.82, 2.24) is 19.5 Å². The summed E-state index contributed by atoms with van der Waals surface area (Å²) in [6, 6.07) is 8.14. The Morgan fingerprint density at radius 3 is 2.59 bits per heavy atom. The van der Waals surface area contributed by atoms with Crippen LogP contribution in [0.3, 0.4) is 0 Å². The molecular weight excluding hydrogens is 274 g/mol. The van der Waals surface area contributed by atoms with Gasteiger partial charge in [-0.3, -0.25) is 4.98 Å². The first kappa shape index (κ1) is 14.3. The highest BCUT2D eigenvalue weighted by Crippen LogP contribution is 2.19. The van der Waals surface area contributed by atoms with E-state index in [2.05, 4.69) is 32.5 Å². The third-order valence-corrected chi connectivity index (χ3v) is 3.48. The number of aryl methyl sites for hydroxylation is 1. The highest BCUT2D eigenvalue weighted by Gasteiger charge is 2.08. The summed E-state index contributed by atoms with van der Waals surface area (Å²) in [6.07, 6.45) is 7.48. The van der Waals surface area contributed by atoms with Crippen LogP contribution in [-0.4, -0.2) is 33.6 Å². The molecule has 5 nitrogen and oxygen atoms in total. The Hall–Kier alpha value is -2.69. The average molecular weight is 293 g/mol. The normalized spacial score (nSPS) is 10.7. The zero-order chi connectivity index (χ0) is 15.5. The standard InChI is InChI=1S/C17H19N5/c1-13-6-7-18-15(10-13)12-22-9-8-19-17(22)14-4-5-16(20-11-14)21(2)3/h4-11H,12H2,1-3H3. The second kappa shape index (κ2) is 5.97. The van der Waals surface area contributed by atoms with Gasteiger partial charge in [-0.15, -0.1) is 0 Å². The number of pyridine rings is 2. The van der Waals surface area contributed by atoms with E-state index in [1.807, 2.05) is 62.0 Å². The number of rotatable bonds is 4. The molecule has 3 heterocycles. The van der Waals surface area contributed by atoms with E-state index in [-0.39, 0.29) is 0 Å². The highest BCUT2D eigenvalue weighted by molar-refractivity contribution is 5.57. The summed E-state index contributed by atoms with van der Waals surface area (Å²) in [5, 5.41) is 0. The molecular formula is C17H19N5. The predicted molar refractivity (Wildman–Crippen MR) is 87.9 cm³/mol. The van der Waals surface area contributed by atoms with Gasteiger partial charge in [-0.25, -0.2) is 9.97 Å².